The SMILES string of the molecule is CCNC(=S)NCCS(C)=O. The van der Waals surface area contributed by atoms with E-state index in [0.29, 0.717) is 17.4 Å². The number of rotatable bonds is 4. The normalized spacial score (nSPS) is 12.2. The average molecular weight is 194 g/mol. The summed E-state index contributed by atoms with van der Waals surface area (Å²) in [6.45, 7) is 3.47. The van der Waals surface area contributed by atoms with Crippen LogP contribution in [0.5, 0.6) is 0 Å². The Morgan fingerprint density at radius 1 is 1.55 bits per heavy atom. The van der Waals surface area contributed by atoms with Gasteiger partial charge in [0.25, 0.3) is 0 Å². The van der Waals surface area contributed by atoms with Crippen LogP contribution < -0.4 is 10.6 Å². The molecule has 0 aromatic heterocycles. The third-order valence-electron chi connectivity index (χ3n) is 1.01. The smallest absolute Gasteiger partial charge is 0.166 e. The van der Waals surface area contributed by atoms with Gasteiger partial charge in [0.15, 0.2) is 5.11 Å². The Labute approximate surface area is 75.4 Å². The van der Waals surface area contributed by atoms with Gasteiger partial charge in [0.1, 0.15) is 0 Å². The molecule has 5 heteroatoms. The molecule has 66 valence electrons. The third-order valence-corrected chi connectivity index (χ3v) is 2.08. The number of nitrogens with one attached hydrogen (secondary N) is 2. The maximum Gasteiger partial charge on any atom is 0.166 e. The number of thiocarbonyl (C=S) groups is 1. The molecule has 0 aliphatic rings. The van der Waals surface area contributed by atoms with Crippen LogP contribution in [0.2, 0.25) is 0 Å². The molecule has 0 fully saturated rings. The van der Waals surface area contributed by atoms with Crippen molar-refractivity contribution in [1.29, 1.82) is 0 Å². The summed E-state index contributed by atoms with van der Waals surface area (Å²) in [5, 5.41) is 6.52. The fourth-order valence-corrected chi connectivity index (χ4v) is 1.17. The van der Waals surface area contributed by atoms with Crippen molar-refractivity contribution in [2.45, 2.75) is 6.92 Å². The van der Waals surface area contributed by atoms with E-state index in [4.69, 9.17) is 12.2 Å². The molecule has 0 bridgehead atoms. The predicted octanol–water partition coefficient (Wildman–Crippen LogP) is -0.151. The quantitative estimate of drug-likeness (QED) is 0.611. The second-order valence-electron chi connectivity index (χ2n) is 2.06. The molecule has 0 amide bonds. The average Bonchev–Trinajstić information content (AvgIpc) is 1.87. The fraction of sp³-hybridized carbons (Fsp3) is 0.833. The van der Waals surface area contributed by atoms with E-state index < -0.39 is 10.8 Å². The molecule has 1 atom stereocenters. The van der Waals surface area contributed by atoms with E-state index in [-0.39, 0.29) is 0 Å². The third kappa shape index (κ3) is 7.74. The lowest BCUT2D eigenvalue weighted by molar-refractivity contribution is 0.685. The molecule has 0 saturated heterocycles. The van der Waals surface area contributed by atoms with Crippen LogP contribution in [0.1, 0.15) is 6.92 Å². The van der Waals surface area contributed by atoms with Crippen LogP contribution in [0.25, 0.3) is 0 Å². The van der Waals surface area contributed by atoms with Gasteiger partial charge in [-0.15, -0.1) is 0 Å². The molecule has 0 aromatic rings. The summed E-state index contributed by atoms with van der Waals surface area (Å²) in [5.41, 5.74) is 0. The fourth-order valence-electron chi connectivity index (χ4n) is 0.531. The standard InChI is InChI=1S/C6H14N2OS2/c1-3-7-6(10)8-4-5-11(2)9/h3-5H2,1-2H3,(H2,7,8,10). The highest BCUT2D eigenvalue weighted by Gasteiger charge is 1.93. The minimum Gasteiger partial charge on any atom is -0.363 e. The van der Waals surface area contributed by atoms with Gasteiger partial charge in [-0.2, -0.15) is 0 Å². The van der Waals surface area contributed by atoms with Gasteiger partial charge in [-0.05, 0) is 19.1 Å². The van der Waals surface area contributed by atoms with E-state index >= 15 is 0 Å². The van der Waals surface area contributed by atoms with Crippen LogP contribution in [0.4, 0.5) is 0 Å². The monoisotopic (exact) mass is 194 g/mol. The molecule has 11 heavy (non-hydrogen) atoms. The highest BCUT2D eigenvalue weighted by Crippen LogP contribution is 1.72. The number of hydrogen-bond donors (Lipinski definition) is 2. The number of hydrogen-bond acceptors (Lipinski definition) is 2. The maximum atomic E-state index is 10.6. The second kappa shape index (κ2) is 6.54. The Kier molecular flexibility index (Phi) is 6.45. The van der Waals surface area contributed by atoms with Crippen LogP contribution in [-0.4, -0.2) is 34.4 Å². The molecule has 0 saturated carbocycles. The van der Waals surface area contributed by atoms with E-state index in [1.807, 2.05) is 6.92 Å². The molecular formula is C6H14N2OS2. The molecule has 1 unspecified atom stereocenters. The highest BCUT2D eigenvalue weighted by molar-refractivity contribution is 7.84. The van der Waals surface area contributed by atoms with E-state index in [0.717, 1.165) is 6.54 Å². The van der Waals surface area contributed by atoms with Crippen LogP contribution in [0, 0.1) is 0 Å². The topological polar surface area (TPSA) is 41.1 Å². The zero-order valence-corrected chi connectivity index (χ0v) is 8.48. The zero-order chi connectivity index (χ0) is 8.69. The molecule has 0 heterocycles. The molecular weight excluding hydrogens is 180 g/mol. The molecule has 2 N–H and O–H groups in total. The van der Waals surface area contributed by atoms with E-state index in [9.17, 15) is 4.21 Å². The molecule has 0 radical (unpaired) electrons. The van der Waals surface area contributed by atoms with Crippen molar-refractivity contribution < 1.29 is 4.21 Å². The van der Waals surface area contributed by atoms with E-state index in [2.05, 4.69) is 10.6 Å². The van der Waals surface area contributed by atoms with Crippen molar-refractivity contribution in [3.8, 4) is 0 Å². The van der Waals surface area contributed by atoms with Crippen molar-refractivity contribution in [3.05, 3.63) is 0 Å². The van der Waals surface area contributed by atoms with Crippen molar-refractivity contribution >= 4 is 28.1 Å². The summed E-state index contributed by atoms with van der Waals surface area (Å²) in [6, 6.07) is 0. The summed E-state index contributed by atoms with van der Waals surface area (Å²) in [4.78, 5) is 0. The highest BCUT2D eigenvalue weighted by atomic mass is 32.2. The van der Waals surface area contributed by atoms with Gasteiger partial charge in [0.2, 0.25) is 0 Å². The minimum atomic E-state index is -0.736. The van der Waals surface area contributed by atoms with Crippen molar-refractivity contribution in [3.63, 3.8) is 0 Å². The second-order valence-corrected chi connectivity index (χ2v) is 4.03. The predicted molar refractivity (Wildman–Crippen MR) is 53.2 cm³/mol. The summed E-state index contributed by atoms with van der Waals surface area (Å²) in [6.07, 6.45) is 1.68. The summed E-state index contributed by atoms with van der Waals surface area (Å²) < 4.78 is 10.6. The Hall–Kier alpha value is -0.160. The van der Waals surface area contributed by atoms with Crippen molar-refractivity contribution in [2.75, 3.05) is 25.1 Å². The van der Waals surface area contributed by atoms with E-state index in [1.54, 1.807) is 6.26 Å². The van der Waals surface area contributed by atoms with Gasteiger partial charge in [0, 0.05) is 35.9 Å². The molecule has 0 rings (SSSR count). The Morgan fingerprint density at radius 3 is 2.64 bits per heavy atom. The summed E-state index contributed by atoms with van der Waals surface area (Å²) >= 11 is 4.88. The lowest BCUT2D eigenvalue weighted by Crippen LogP contribution is -2.36. The van der Waals surface area contributed by atoms with Gasteiger partial charge in [0.05, 0.1) is 0 Å². The first-order valence-corrected chi connectivity index (χ1v) is 5.62. The van der Waals surface area contributed by atoms with Gasteiger partial charge >= 0.3 is 0 Å². The minimum absolute atomic E-state index is 0.637. The Bertz CT molecular complexity index is 150. The largest absolute Gasteiger partial charge is 0.363 e. The first-order valence-electron chi connectivity index (χ1n) is 3.48. The van der Waals surface area contributed by atoms with Crippen LogP contribution >= 0.6 is 12.2 Å². The zero-order valence-electron chi connectivity index (χ0n) is 6.85. The molecule has 0 aromatic carbocycles. The Morgan fingerprint density at radius 2 is 2.18 bits per heavy atom. The van der Waals surface area contributed by atoms with Crippen molar-refractivity contribution in [2.24, 2.45) is 0 Å². The lowest BCUT2D eigenvalue weighted by Gasteiger charge is -2.06. The molecule has 0 aliphatic heterocycles. The molecule has 3 nitrogen and oxygen atoms in total. The first-order chi connectivity index (χ1) is 5.16. The molecule has 0 aliphatic carbocycles. The van der Waals surface area contributed by atoms with Gasteiger partial charge in [-0.3, -0.25) is 4.21 Å². The van der Waals surface area contributed by atoms with Crippen LogP contribution in [-0.2, 0) is 10.8 Å². The van der Waals surface area contributed by atoms with Crippen LogP contribution in [0.3, 0.4) is 0 Å². The summed E-state index contributed by atoms with van der Waals surface area (Å²) in [7, 11) is -0.736. The van der Waals surface area contributed by atoms with Crippen LogP contribution in [0.15, 0.2) is 0 Å². The Balaban J connectivity index is 3.24. The molecule has 0 spiro atoms. The summed E-state index contributed by atoms with van der Waals surface area (Å²) in [5.74, 6) is 0.644. The maximum absolute atomic E-state index is 10.6. The first kappa shape index (κ1) is 10.8. The van der Waals surface area contributed by atoms with Gasteiger partial charge in [-0.25, -0.2) is 0 Å². The van der Waals surface area contributed by atoms with Gasteiger partial charge < -0.3 is 10.6 Å². The van der Waals surface area contributed by atoms with E-state index in [1.165, 1.54) is 0 Å². The van der Waals surface area contributed by atoms with Crippen molar-refractivity contribution in [1.82, 2.24) is 10.6 Å². The lowest BCUT2D eigenvalue weighted by atomic mass is 10.7. The van der Waals surface area contributed by atoms with Gasteiger partial charge in [-0.1, -0.05) is 0 Å².